The number of nitrogens with two attached hydrogens (primary N) is 1. The van der Waals surface area contributed by atoms with Gasteiger partial charge in [-0.3, -0.25) is 4.98 Å². The van der Waals surface area contributed by atoms with Crippen molar-refractivity contribution < 1.29 is 0 Å². The molecule has 1 aliphatic carbocycles. The van der Waals surface area contributed by atoms with Crippen LogP contribution in [0.25, 0.3) is 10.9 Å². The van der Waals surface area contributed by atoms with Crippen molar-refractivity contribution in [3.05, 3.63) is 42.1 Å². The third-order valence-corrected chi connectivity index (χ3v) is 3.41. The minimum absolute atomic E-state index is 0.343. The largest absolute Gasteiger partial charge is 0.327 e. The highest BCUT2D eigenvalue weighted by Gasteiger charge is 2.29. The summed E-state index contributed by atoms with van der Waals surface area (Å²) < 4.78 is 0. The number of pyridine rings is 1. The van der Waals surface area contributed by atoms with Crippen LogP contribution < -0.4 is 5.73 Å². The van der Waals surface area contributed by atoms with Gasteiger partial charge in [0.1, 0.15) is 0 Å². The number of aromatic nitrogens is 1. The van der Waals surface area contributed by atoms with Gasteiger partial charge in [0, 0.05) is 17.6 Å². The average molecular weight is 198 g/mol. The number of hydrogen-bond acceptors (Lipinski definition) is 2. The third kappa shape index (κ3) is 1.33. The van der Waals surface area contributed by atoms with Gasteiger partial charge >= 0.3 is 0 Å². The molecule has 1 aliphatic rings. The maximum absolute atomic E-state index is 6.03. The smallest absolute Gasteiger partial charge is 0.0704 e. The van der Waals surface area contributed by atoms with Gasteiger partial charge < -0.3 is 5.73 Å². The Bertz CT molecular complexity index is 487. The number of benzene rings is 1. The SMILES string of the molecule is NC1CCC1c1cccc2ncccc12. The van der Waals surface area contributed by atoms with Gasteiger partial charge in [-0.1, -0.05) is 18.2 Å². The minimum atomic E-state index is 0.343. The molecule has 0 bridgehead atoms. The standard InChI is InChI=1S/C13H14N2/c14-12-7-6-10(12)9-3-1-5-13-11(9)4-2-8-15-13/h1-5,8,10,12H,6-7,14H2. The summed E-state index contributed by atoms with van der Waals surface area (Å²) in [5.41, 5.74) is 8.48. The Hall–Kier alpha value is -1.41. The van der Waals surface area contributed by atoms with Gasteiger partial charge in [-0.2, -0.15) is 0 Å². The predicted molar refractivity (Wildman–Crippen MR) is 61.7 cm³/mol. The van der Waals surface area contributed by atoms with Crippen LogP contribution in [0.2, 0.25) is 0 Å². The second-order valence-electron chi connectivity index (χ2n) is 4.27. The Labute approximate surface area is 89.1 Å². The lowest BCUT2D eigenvalue weighted by Gasteiger charge is -2.34. The zero-order valence-corrected chi connectivity index (χ0v) is 8.56. The van der Waals surface area contributed by atoms with Crippen LogP contribution in [0.1, 0.15) is 24.3 Å². The van der Waals surface area contributed by atoms with Gasteiger partial charge in [0.05, 0.1) is 5.52 Å². The van der Waals surface area contributed by atoms with E-state index in [4.69, 9.17) is 5.73 Å². The van der Waals surface area contributed by atoms with E-state index < -0.39 is 0 Å². The van der Waals surface area contributed by atoms with E-state index in [1.807, 2.05) is 12.3 Å². The number of hydrogen-bond donors (Lipinski definition) is 1. The van der Waals surface area contributed by atoms with Crippen molar-refractivity contribution >= 4 is 10.9 Å². The molecule has 1 aromatic heterocycles. The zero-order chi connectivity index (χ0) is 10.3. The second kappa shape index (κ2) is 3.31. The Kier molecular flexibility index (Phi) is 1.96. The summed E-state index contributed by atoms with van der Waals surface area (Å²) in [6, 6.07) is 10.8. The Morgan fingerprint density at radius 1 is 1.13 bits per heavy atom. The first-order chi connectivity index (χ1) is 7.36. The first-order valence-electron chi connectivity index (χ1n) is 5.45. The van der Waals surface area contributed by atoms with Crippen molar-refractivity contribution in [3.63, 3.8) is 0 Å². The highest BCUT2D eigenvalue weighted by Crippen LogP contribution is 2.38. The Morgan fingerprint density at radius 3 is 2.80 bits per heavy atom. The monoisotopic (exact) mass is 198 g/mol. The van der Waals surface area contributed by atoms with E-state index in [1.54, 1.807) is 0 Å². The van der Waals surface area contributed by atoms with E-state index in [2.05, 4.69) is 29.2 Å². The van der Waals surface area contributed by atoms with Crippen molar-refractivity contribution in [2.45, 2.75) is 24.8 Å². The number of nitrogens with zero attached hydrogens (tertiary/aromatic N) is 1. The van der Waals surface area contributed by atoms with Crippen LogP contribution in [-0.2, 0) is 0 Å². The molecule has 0 aliphatic heterocycles. The van der Waals surface area contributed by atoms with Crippen molar-refractivity contribution in [2.75, 3.05) is 0 Å². The van der Waals surface area contributed by atoms with Gasteiger partial charge in [-0.25, -0.2) is 0 Å². The predicted octanol–water partition coefficient (Wildman–Crippen LogP) is 2.44. The summed E-state index contributed by atoms with van der Waals surface area (Å²) in [5.74, 6) is 0.540. The topological polar surface area (TPSA) is 38.9 Å². The van der Waals surface area contributed by atoms with E-state index in [0.717, 1.165) is 11.9 Å². The fourth-order valence-electron chi connectivity index (χ4n) is 2.36. The van der Waals surface area contributed by atoms with E-state index in [0.29, 0.717) is 12.0 Å². The lowest BCUT2D eigenvalue weighted by Crippen LogP contribution is -2.37. The van der Waals surface area contributed by atoms with Gasteiger partial charge in [-0.05, 0) is 36.5 Å². The molecule has 15 heavy (non-hydrogen) atoms. The molecular formula is C13H14N2. The third-order valence-electron chi connectivity index (χ3n) is 3.41. The molecule has 0 spiro atoms. The lowest BCUT2D eigenvalue weighted by atomic mass is 9.74. The molecule has 2 aromatic rings. The van der Waals surface area contributed by atoms with Gasteiger partial charge in [0.15, 0.2) is 0 Å². The van der Waals surface area contributed by atoms with Gasteiger partial charge in [-0.15, -0.1) is 0 Å². The van der Waals surface area contributed by atoms with E-state index in [-0.39, 0.29) is 0 Å². The Morgan fingerprint density at radius 2 is 2.07 bits per heavy atom. The lowest BCUT2D eigenvalue weighted by molar-refractivity contribution is 0.348. The summed E-state index contributed by atoms with van der Waals surface area (Å²) in [4.78, 5) is 4.37. The molecule has 2 unspecified atom stereocenters. The minimum Gasteiger partial charge on any atom is -0.327 e. The molecule has 3 rings (SSSR count). The maximum atomic E-state index is 6.03. The van der Waals surface area contributed by atoms with Crippen LogP contribution in [0, 0.1) is 0 Å². The summed E-state index contributed by atoms with van der Waals surface area (Å²) in [6.07, 6.45) is 4.21. The van der Waals surface area contributed by atoms with E-state index >= 15 is 0 Å². The molecule has 1 aromatic carbocycles. The molecule has 2 N–H and O–H groups in total. The van der Waals surface area contributed by atoms with Gasteiger partial charge in [0.25, 0.3) is 0 Å². The molecule has 0 radical (unpaired) electrons. The first kappa shape index (κ1) is 8.86. The van der Waals surface area contributed by atoms with Crippen molar-refractivity contribution in [1.82, 2.24) is 4.98 Å². The average Bonchev–Trinajstić information content (AvgIpc) is 2.28. The molecule has 2 atom stereocenters. The second-order valence-corrected chi connectivity index (χ2v) is 4.27. The molecule has 2 heteroatoms. The fourth-order valence-corrected chi connectivity index (χ4v) is 2.36. The van der Waals surface area contributed by atoms with E-state index in [1.165, 1.54) is 17.4 Å². The molecule has 2 nitrogen and oxygen atoms in total. The molecular weight excluding hydrogens is 184 g/mol. The molecule has 0 saturated heterocycles. The van der Waals surface area contributed by atoms with Crippen LogP contribution in [0.4, 0.5) is 0 Å². The van der Waals surface area contributed by atoms with Gasteiger partial charge in [0.2, 0.25) is 0 Å². The summed E-state index contributed by atoms with van der Waals surface area (Å²) in [5, 5.41) is 1.26. The maximum Gasteiger partial charge on any atom is 0.0704 e. The van der Waals surface area contributed by atoms with Crippen molar-refractivity contribution in [2.24, 2.45) is 5.73 Å². The number of fused-ring (bicyclic) bond motifs is 1. The Balaban J connectivity index is 2.17. The van der Waals surface area contributed by atoms with Crippen LogP contribution in [-0.4, -0.2) is 11.0 Å². The quantitative estimate of drug-likeness (QED) is 0.764. The molecule has 0 amide bonds. The summed E-state index contributed by atoms with van der Waals surface area (Å²) >= 11 is 0. The molecule has 1 fully saturated rings. The summed E-state index contributed by atoms with van der Waals surface area (Å²) in [7, 11) is 0. The van der Waals surface area contributed by atoms with Crippen LogP contribution in [0.15, 0.2) is 36.5 Å². The molecule has 1 heterocycles. The zero-order valence-electron chi connectivity index (χ0n) is 8.56. The number of rotatable bonds is 1. The molecule has 76 valence electrons. The van der Waals surface area contributed by atoms with Crippen molar-refractivity contribution in [3.8, 4) is 0 Å². The highest BCUT2D eigenvalue weighted by atomic mass is 14.7. The highest BCUT2D eigenvalue weighted by molar-refractivity contribution is 5.82. The fraction of sp³-hybridized carbons (Fsp3) is 0.308. The van der Waals surface area contributed by atoms with Crippen LogP contribution in [0.5, 0.6) is 0 Å². The van der Waals surface area contributed by atoms with Crippen LogP contribution >= 0.6 is 0 Å². The molecule has 1 saturated carbocycles. The first-order valence-corrected chi connectivity index (χ1v) is 5.45. The normalized spacial score (nSPS) is 25.1. The summed E-state index contributed by atoms with van der Waals surface area (Å²) in [6.45, 7) is 0. The van der Waals surface area contributed by atoms with E-state index in [9.17, 15) is 0 Å². The van der Waals surface area contributed by atoms with Crippen LogP contribution in [0.3, 0.4) is 0 Å². The van der Waals surface area contributed by atoms with Crippen molar-refractivity contribution in [1.29, 1.82) is 0 Å².